The lowest BCUT2D eigenvalue weighted by atomic mass is 9.99. The zero-order valence-corrected chi connectivity index (χ0v) is 13.9. The number of hydrogen-bond acceptors (Lipinski definition) is 5. The molecule has 6 nitrogen and oxygen atoms in total. The maximum atomic E-state index is 10.9. The second-order valence-corrected chi connectivity index (χ2v) is 6.92. The third kappa shape index (κ3) is 5.83. The lowest BCUT2D eigenvalue weighted by molar-refractivity contribution is -0.128. The number of nitrogens with two attached hydrogens (primary N) is 1. The van der Waals surface area contributed by atoms with E-state index in [0.717, 1.165) is 38.3 Å². The summed E-state index contributed by atoms with van der Waals surface area (Å²) in [6.07, 6.45) is 3.16. The Labute approximate surface area is 133 Å². The first-order valence-electron chi connectivity index (χ1n) is 8.50. The molecule has 2 fully saturated rings. The highest BCUT2D eigenvalue weighted by Gasteiger charge is 2.30. The normalized spacial score (nSPS) is 28.1. The zero-order chi connectivity index (χ0) is 15.9. The summed E-state index contributed by atoms with van der Waals surface area (Å²) in [4.78, 5) is 13.4. The average Bonchev–Trinajstić information content (AvgIpc) is 2.48. The van der Waals surface area contributed by atoms with Gasteiger partial charge in [-0.1, -0.05) is 13.8 Å². The van der Waals surface area contributed by atoms with E-state index in [1.54, 1.807) is 0 Å². The van der Waals surface area contributed by atoms with Gasteiger partial charge < -0.3 is 25.4 Å². The molecule has 2 heterocycles. The summed E-state index contributed by atoms with van der Waals surface area (Å²) in [5.74, 6) is 0.315. The van der Waals surface area contributed by atoms with E-state index in [-0.39, 0.29) is 18.8 Å². The van der Waals surface area contributed by atoms with Gasteiger partial charge in [-0.15, -0.1) is 0 Å². The Morgan fingerprint density at radius 3 is 2.73 bits per heavy atom. The molecular weight excluding hydrogens is 282 g/mol. The highest BCUT2D eigenvalue weighted by atomic mass is 16.5. The van der Waals surface area contributed by atoms with Gasteiger partial charge in [0.25, 0.3) is 0 Å². The van der Waals surface area contributed by atoms with Gasteiger partial charge in [0.1, 0.15) is 6.61 Å². The molecule has 2 aliphatic rings. The van der Waals surface area contributed by atoms with Gasteiger partial charge in [0.2, 0.25) is 5.91 Å². The molecule has 0 aromatic rings. The van der Waals surface area contributed by atoms with Crippen LogP contribution in [0.25, 0.3) is 0 Å². The van der Waals surface area contributed by atoms with Crippen molar-refractivity contribution in [2.45, 2.75) is 51.3 Å². The molecule has 3 N–H and O–H groups in total. The fourth-order valence-corrected chi connectivity index (χ4v) is 3.36. The van der Waals surface area contributed by atoms with E-state index in [1.807, 2.05) is 0 Å². The van der Waals surface area contributed by atoms with E-state index in [2.05, 4.69) is 24.1 Å². The Balaban J connectivity index is 1.75. The SMILES string of the molecule is CC(C)CN1CCC(N[C@@H]2COCC[C@@H]2OCC(N)=O)CC1. The number of carbonyl (C=O) groups excluding carboxylic acids is 1. The van der Waals surface area contributed by atoms with Crippen molar-refractivity contribution in [3.8, 4) is 0 Å². The molecule has 2 aliphatic heterocycles. The molecule has 6 heteroatoms. The standard InChI is InChI=1S/C16H31N3O3/c1-12(2)9-19-6-3-13(4-7-19)18-14-10-21-8-5-15(14)22-11-16(17)20/h12-15,18H,3-11H2,1-2H3,(H2,17,20)/t14-,15+/m1/s1. The minimum atomic E-state index is -0.410. The monoisotopic (exact) mass is 313 g/mol. The molecule has 0 aliphatic carbocycles. The predicted molar refractivity (Wildman–Crippen MR) is 85.6 cm³/mol. The van der Waals surface area contributed by atoms with E-state index < -0.39 is 5.91 Å². The van der Waals surface area contributed by atoms with Gasteiger partial charge in [-0.2, -0.15) is 0 Å². The van der Waals surface area contributed by atoms with Crippen LogP contribution in [0.15, 0.2) is 0 Å². The Morgan fingerprint density at radius 2 is 2.09 bits per heavy atom. The molecule has 1 amide bonds. The zero-order valence-electron chi connectivity index (χ0n) is 13.9. The number of rotatable bonds is 7. The number of nitrogens with one attached hydrogen (secondary N) is 1. The summed E-state index contributed by atoms with van der Waals surface area (Å²) in [5, 5.41) is 3.68. The van der Waals surface area contributed by atoms with Gasteiger partial charge in [0, 0.05) is 19.2 Å². The quantitative estimate of drug-likeness (QED) is 0.709. The second kappa shape index (κ2) is 8.82. The van der Waals surface area contributed by atoms with E-state index in [0.29, 0.717) is 19.3 Å². The Kier molecular flexibility index (Phi) is 7.08. The van der Waals surface area contributed by atoms with E-state index >= 15 is 0 Å². The number of hydrogen-bond donors (Lipinski definition) is 2. The lowest BCUT2D eigenvalue weighted by Crippen LogP contribution is -2.55. The van der Waals surface area contributed by atoms with Crippen LogP contribution in [-0.2, 0) is 14.3 Å². The van der Waals surface area contributed by atoms with Crippen molar-refractivity contribution in [1.29, 1.82) is 0 Å². The van der Waals surface area contributed by atoms with Crippen molar-refractivity contribution < 1.29 is 14.3 Å². The van der Waals surface area contributed by atoms with E-state index in [9.17, 15) is 4.79 Å². The topological polar surface area (TPSA) is 76.8 Å². The third-order valence-electron chi connectivity index (χ3n) is 4.39. The number of piperidine rings is 1. The summed E-state index contributed by atoms with van der Waals surface area (Å²) in [7, 11) is 0. The number of primary amides is 1. The molecule has 0 aromatic carbocycles. The van der Waals surface area contributed by atoms with Gasteiger partial charge in [-0.25, -0.2) is 0 Å². The maximum Gasteiger partial charge on any atom is 0.243 e. The van der Waals surface area contributed by atoms with Crippen LogP contribution in [0.1, 0.15) is 33.1 Å². The van der Waals surface area contributed by atoms with Crippen molar-refractivity contribution in [2.75, 3.05) is 39.5 Å². The number of ether oxygens (including phenoxy) is 2. The fourth-order valence-electron chi connectivity index (χ4n) is 3.36. The Bertz CT molecular complexity index is 344. The summed E-state index contributed by atoms with van der Waals surface area (Å²) >= 11 is 0. The number of likely N-dealkylation sites (tertiary alicyclic amines) is 1. The predicted octanol–water partition coefficient (Wildman–Crippen LogP) is 0.356. The van der Waals surface area contributed by atoms with Gasteiger partial charge in [0.15, 0.2) is 0 Å². The van der Waals surface area contributed by atoms with E-state index in [1.165, 1.54) is 6.54 Å². The molecule has 0 saturated carbocycles. The van der Waals surface area contributed by atoms with Crippen LogP contribution in [0, 0.1) is 5.92 Å². The molecule has 0 unspecified atom stereocenters. The molecule has 128 valence electrons. The van der Waals surface area contributed by atoms with Crippen molar-refractivity contribution >= 4 is 5.91 Å². The molecule has 0 radical (unpaired) electrons. The summed E-state index contributed by atoms with van der Waals surface area (Å²) < 4.78 is 11.2. The van der Waals surface area contributed by atoms with Crippen LogP contribution >= 0.6 is 0 Å². The van der Waals surface area contributed by atoms with Gasteiger partial charge in [-0.05, 0) is 38.3 Å². The highest BCUT2D eigenvalue weighted by molar-refractivity contribution is 5.75. The smallest absolute Gasteiger partial charge is 0.243 e. The minimum absolute atomic E-state index is 0.00429. The number of carbonyl (C=O) groups is 1. The van der Waals surface area contributed by atoms with Crippen LogP contribution < -0.4 is 11.1 Å². The van der Waals surface area contributed by atoms with Gasteiger partial charge >= 0.3 is 0 Å². The molecule has 2 saturated heterocycles. The third-order valence-corrected chi connectivity index (χ3v) is 4.39. The summed E-state index contributed by atoms with van der Waals surface area (Å²) in [6, 6.07) is 0.671. The van der Waals surface area contributed by atoms with Crippen molar-refractivity contribution in [3.63, 3.8) is 0 Å². The highest BCUT2D eigenvalue weighted by Crippen LogP contribution is 2.17. The average molecular weight is 313 g/mol. The lowest BCUT2D eigenvalue weighted by Gasteiger charge is -2.38. The maximum absolute atomic E-state index is 10.9. The Morgan fingerprint density at radius 1 is 1.36 bits per heavy atom. The summed E-state index contributed by atoms with van der Waals surface area (Å²) in [6.45, 7) is 9.35. The van der Waals surface area contributed by atoms with Crippen LogP contribution in [0.4, 0.5) is 0 Å². The first-order chi connectivity index (χ1) is 10.5. The Hall–Kier alpha value is -0.690. The molecule has 22 heavy (non-hydrogen) atoms. The fraction of sp³-hybridized carbons (Fsp3) is 0.938. The van der Waals surface area contributed by atoms with E-state index in [4.69, 9.17) is 15.2 Å². The molecule has 2 atom stereocenters. The van der Waals surface area contributed by atoms with Gasteiger partial charge in [0.05, 0.1) is 18.8 Å². The largest absolute Gasteiger partial charge is 0.380 e. The molecule has 0 aromatic heterocycles. The molecule has 0 bridgehead atoms. The number of amides is 1. The van der Waals surface area contributed by atoms with Crippen molar-refractivity contribution in [1.82, 2.24) is 10.2 Å². The molecular formula is C16H31N3O3. The second-order valence-electron chi connectivity index (χ2n) is 6.92. The molecule has 2 rings (SSSR count). The minimum Gasteiger partial charge on any atom is -0.380 e. The van der Waals surface area contributed by atoms with Crippen LogP contribution in [0.3, 0.4) is 0 Å². The molecule has 0 spiro atoms. The summed E-state index contributed by atoms with van der Waals surface area (Å²) in [5.41, 5.74) is 5.17. The van der Waals surface area contributed by atoms with Crippen LogP contribution in [0.2, 0.25) is 0 Å². The van der Waals surface area contributed by atoms with Crippen molar-refractivity contribution in [2.24, 2.45) is 11.7 Å². The first kappa shape index (κ1) is 17.7. The van der Waals surface area contributed by atoms with Crippen LogP contribution in [-0.4, -0.2) is 68.4 Å². The first-order valence-corrected chi connectivity index (χ1v) is 8.50. The number of nitrogens with zero attached hydrogens (tertiary/aromatic N) is 1. The van der Waals surface area contributed by atoms with Crippen LogP contribution in [0.5, 0.6) is 0 Å². The van der Waals surface area contributed by atoms with Crippen molar-refractivity contribution in [3.05, 3.63) is 0 Å². The van der Waals surface area contributed by atoms with Gasteiger partial charge in [-0.3, -0.25) is 4.79 Å².